The average Bonchev–Trinajstić information content (AvgIpc) is 3.20. The van der Waals surface area contributed by atoms with Gasteiger partial charge in [-0.2, -0.15) is 0 Å². The van der Waals surface area contributed by atoms with Crippen LogP contribution in [0.2, 0.25) is 0 Å². The molecule has 3 nitrogen and oxygen atoms in total. The minimum atomic E-state index is 0.341. The predicted molar refractivity (Wildman–Crippen MR) is 120 cm³/mol. The summed E-state index contributed by atoms with van der Waals surface area (Å²) >= 11 is 0. The van der Waals surface area contributed by atoms with Gasteiger partial charge < -0.3 is 0 Å². The molecule has 0 amide bonds. The Morgan fingerprint density at radius 2 is 1.25 bits per heavy atom. The van der Waals surface area contributed by atoms with Crippen LogP contribution >= 0.6 is 0 Å². The zero-order chi connectivity index (χ0) is 20.1. The third-order valence-corrected chi connectivity index (χ3v) is 8.88. The summed E-state index contributed by atoms with van der Waals surface area (Å²) < 4.78 is 0. The lowest BCUT2D eigenvalue weighted by atomic mass is 9.79. The lowest BCUT2D eigenvalue weighted by Gasteiger charge is -2.47. The molecule has 0 aromatic rings. The van der Waals surface area contributed by atoms with Gasteiger partial charge in [-0.1, -0.05) is 20.8 Å². The summed E-state index contributed by atoms with van der Waals surface area (Å²) in [6.07, 6.45) is 8.60. The third-order valence-electron chi connectivity index (χ3n) is 8.88. The molecule has 0 spiro atoms. The maximum absolute atomic E-state index is 2.92. The molecule has 3 atom stereocenters. The van der Waals surface area contributed by atoms with Crippen molar-refractivity contribution in [2.45, 2.75) is 97.7 Å². The second-order valence-corrected chi connectivity index (χ2v) is 12.7. The van der Waals surface area contributed by atoms with E-state index in [0.29, 0.717) is 11.0 Å². The highest BCUT2D eigenvalue weighted by Crippen LogP contribution is 2.49. The van der Waals surface area contributed by atoms with Gasteiger partial charge in [0.1, 0.15) is 0 Å². The number of likely N-dealkylation sites (tertiary alicyclic amines) is 3. The summed E-state index contributed by atoms with van der Waals surface area (Å²) in [7, 11) is 0. The Bertz CT molecular complexity index is 509. The van der Waals surface area contributed by atoms with Crippen LogP contribution in [0.3, 0.4) is 0 Å². The standard InChI is InChI=1S/C25H47N3/c1-24(2,3)21-14-19-16-27(17-20(19)15-21)23-8-7-11-26(18-23)22-9-12-28(13-10-22)25(4,5)6/h19-23H,7-18H2,1-6H3. The molecule has 0 radical (unpaired) electrons. The Kier molecular flexibility index (Phi) is 5.92. The van der Waals surface area contributed by atoms with Gasteiger partial charge in [0.2, 0.25) is 0 Å². The summed E-state index contributed by atoms with van der Waals surface area (Å²) in [4.78, 5) is 8.50. The lowest BCUT2D eigenvalue weighted by molar-refractivity contribution is 0.0257. The van der Waals surface area contributed by atoms with Crippen molar-refractivity contribution in [3.05, 3.63) is 0 Å². The number of hydrogen-bond donors (Lipinski definition) is 0. The fourth-order valence-electron chi connectivity index (χ4n) is 6.86. The number of piperidine rings is 2. The highest BCUT2D eigenvalue weighted by molar-refractivity contribution is 4.98. The van der Waals surface area contributed by atoms with Crippen LogP contribution in [-0.4, -0.2) is 71.6 Å². The Morgan fingerprint density at radius 3 is 1.79 bits per heavy atom. The molecule has 162 valence electrons. The van der Waals surface area contributed by atoms with E-state index in [1.165, 1.54) is 77.8 Å². The van der Waals surface area contributed by atoms with Gasteiger partial charge in [-0.25, -0.2) is 0 Å². The fraction of sp³-hybridized carbons (Fsp3) is 1.00. The van der Waals surface area contributed by atoms with Crippen molar-refractivity contribution in [2.24, 2.45) is 23.2 Å². The molecule has 1 saturated carbocycles. The largest absolute Gasteiger partial charge is 0.299 e. The molecule has 3 heterocycles. The van der Waals surface area contributed by atoms with Crippen LogP contribution in [0.5, 0.6) is 0 Å². The monoisotopic (exact) mass is 389 g/mol. The molecule has 3 heteroatoms. The third kappa shape index (κ3) is 4.47. The molecule has 3 unspecified atom stereocenters. The van der Waals surface area contributed by atoms with Gasteiger partial charge in [-0.3, -0.25) is 14.7 Å². The Morgan fingerprint density at radius 1 is 0.643 bits per heavy atom. The second kappa shape index (κ2) is 7.85. The van der Waals surface area contributed by atoms with E-state index < -0.39 is 0 Å². The lowest BCUT2D eigenvalue weighted by Crippen LogP contribution is -2.55. The molecule has 0 aromatic carbocycles. The normalized spacial score (nSPS) is 37.5. The highest BCUT2D eigenvalue weighted by atomic mass is 15.3. The zero-order valence-electron chi connectivity index (χ0n) is 19.7. The summed E-state index contributed by atoms with van der Waals surface area (Å²) in [5, 5.41) is 0. The number of nitrogens with zero attached hydrogens (tertiary/aromatic N) is 3. The summed E-state index contributed by atoms with van der Waals surface area (Å²) in [5.74, 6) is 2.95. The maximum atomic E-state index is 2.92. The van der Waals surface area contributed by atoms with E-state index in [0.717, 1.165) is 29.8 Å². The van der Waals surface area contributed by atoms with E-state index in [1.54, 1.807) is 0 Å². The molecule has 4 rings (SSSR count). The van der Waals surface area contributed by atoms with Crippen molar-refractivity contribution in [3.63, 3.8) is 0 Å². The van der Waals surface area contributed by atoms with Crippen molar-refractivity contribution >= 4 is 0 Å². The zero-order valence-corrected chi connectivity index (χ0v) is 19.7. The molecular formula is C25H47N3. The molecular weight excluding hydrogens is 342 g/mol. The van der Waals surface area contributed by atoms with E-state index in [-0.39, 0.29) is 0 Å². The molecule has 0 bridgehead atoms. The SMILES string of the molecule is CC(C)(C)C1CC2CN(C3CCCN(C4CCN(C(C)(C)C)CC4)C3)CC2C1. The van der Waals surface area contributed by atoms with Gasteiger partial charge in [0.25, 0.3) is 0 Å². The van der Waals surface area contributed by atoms with Gasteiger partial charge in [0.15, 0.2) is 0 Å². The summed E-state index contributed by atoms with van der Waals surface area (Å²) in [6.45, 7) is 22.6. The van der Waals surface area contributed by atoms with Gasteiger partial charge in [-0.05, 0) is 89.0 Å². The van der Waals surface area contributed by atoms with E-state index in [4.69, 9.17) is 0 Å². The number of hydrogen-bond acceptors (Lipinski definition) is 3. The van der Waals surface area contributed by atoms with E-state index in [9.17, 15) is 0 Å². The molecule has 0 N–H and O–H groups in total. The van der Waals surface area contributed by atoms with Crippen molar-refractivity contribution in [1.82, 2.24) is 14.7 Å². The summed E-state index contributed by atoms with van der Waals surface area (Å²) in [5.41, 5.74) is 0.854. The first-order valence-corrected chi connectivity index (χ1v) is 12.3. The predicted octanol–water partition coefficient (Wildman–Crippen LogP) is 4.72. The first-order chi connectivity index (χ1) is 13.1. The smallest absolute Gasteiger partial charge is 0.0223 e. The molecule has 4 aliphatic rings. The quantitative estimate of drug-likeness (QED) is 0.677. The van der Waals surface area contributed by atoms with Crippen LogP contribution in [0.1, 0.15) is 80.1 Å². The first-order valence-electron chi connectivity index (χ1n) is 12.3. The van der Waals surface area contributed by atoms with Gasteiger partial charge in [-0.15, -0.1) is 0 Å². The van der Waals surface area contributed by atoms with Gasteiger partial charge in [0.05, 0.1) is 0 Å². The molecule has 1 aliphatic carbocycles. The second-order valence-electron chi connectivity index (χ2n) is 12.7. The molecule has 28 heavy (non-hydrogen) atoms. The van der Waals surface area contributed by atoms with E-state index in [1.807, 2.05) is 0 Å². The van der Waals surface area contributed by atoms with E-state index in [2.05, 4.69) is 56.2 Å². The van der Waals surface area contributed by atoms with Crippen LogP contribution in [0.25, 0.3) is 0 Å². The highest BCUT2D eigenvalue weighted by Gasteiger charge is 2.46. The molecule has 3 saturated heterocycles. The number of fused-ring (bicyclic) bond motifs is 1. The molecule has 4 fully saturated rings. The van der Waals surface area contributed by atoms with Crippen molar-refractivity contribution < 1.29 is 0 Å². The average molecular weight is 390 g/mol. The van der Waals surface area contributed by atoms with Crippen LogP contribution in [0, 0.1) is 23.2 Å². The Hall–Kier alpha value is -0.120. The van der Waals surface area contributed by atoms with Gasteiger partial charge >= 0.3 is 0 Å². The molecule has 3 aliphatic heterocycles. The minimum absolute atomic E-state index is 0.341. The maximum Gasteiger partial charge on any atom is 0.0223 e. The number of rotatable bonds is 2. The summed E-state index contributed by atoms with van der Waals surface area (Å²) in [6, 6.07) is 1.68. The Balaban J connectivity index is 1.28. The topological polar surface area (TPSA) is 9.72 Å². The minimum Gasteiger partial charge on any atom is -0.299 e. The van der Waals surface area contributed by atoms with Crippen LogP contribution in [-0.2, 0) is 0 Å². The van der Waals surface area contributed by atoms with Crippen LogP contribution < -0.4 is 0 Å². The first kappa shape index (κ1) is 21.1. The molecule has 0 aromatic heterocycles. The van der Waals surface area contributed by atoms with E-state index >= 15 is 0 Å². The van der Waals surface area contributed by atoms with Crippen molar-refractivity contribution in [1.29, 1.82) is 0 Å². The fourth-order valence-corrected chi connectivity index (χ4v) is 6.86. The van der Waals surface area contributed by atoms with Crippen molar-refractivity contribution in [2.75, 3.05) is 39.3 Å². The van der Waals surface area contributed by atoms with Crippen LogP contribution in [0.4, 0.5) is 0 Å². The van der Waals surface area contributed by atoms with Gasteiger partial charge in [0, 0.05) is 50.3 Å². The van der Waals surface area contributed by atoms with Crippen LogP contribution in [0.15, 0.2) is 0 Å². The Labute approximate surface area is 175 Å². The van der Waals surface area contributed by atoms with Crippen molar-refractivity contribution in [3.8, 4) is 0 Å².